The fraction of sp³-hybridized carbons (Fsp3) is 0.333. The third-order valence-corrected chi connectivity index (χ3v) is 6.40. The van der Waals surface area contributed by atoms with Gasteiger partial charge in [-0.1, -0.05) is 30.0 Å². The van der Waals surface area contributed by atoms with Crippen molar-refractivity contribution in [1.82, 2.24) is 24.5 Å². The van der Waals surface area contributed by atoms with Crippen LogP contribution in [-0.2, 0) is 26.0 Å². The molecule has 0 fully saturated rings. The minimum atomic E-state index is -3.59. The van der Waals surface area contributed by atoms with Gasteiger partial charge in [0, 0.05) is 13.0 Å². The molecule has 154 valence electrons. The Labute approximate surface area is 172 Å². The number of sulfonamides is 1. The summed E-state index contributed by atoms with van der Waals surface area (Å²) in [5, 5.41) is 12.8. The van der Waals surface area contributed by atoms with Crippen molar-refractivity contribution in [3.05, 3.63) is 48.3 Å². The monoisotopic (exact) mass is 435 g/mol. The van der Waals surface area contributed by atoms with Crippen molar-refractivity contribution in [2.75, 3.05) is 13.2 Å². The van der Waals surface area contributed by atoms with Crippen molar-refractivity contribution in [2.24, 2.45) is 0 Å². The zero-order valence-corrected chi connectivity index (χ0v) is 17.6. The number of nitrogens with one attached hydrogen (secondary N) is 1. The number of fused-ring (bicyclic) bond motifs is 1. The SMILES string of the molecule is CCOC(=O)[C@@H](C)Sc1ccc2nnc(CCNS(=O)(=O)c3ccccc3)n2n1. The van der Waals surface area contributed by atoms with Crippen molar-refractivity contribution in [1.29, 1.82) is 0 Å². The minimum absolute atomic E-state index is 0.149. The number of hydrogen-bond donors (Lipinski definition) is 1. The maximum Gasteiger partial charge on any atom is 0.319 e. The van der Waals surface area contributed by atoms with Gasteiger partial charge in [0.1, 0.15) is 10.3 Å². The maximum atomic E-state index is 12.3. The van der Waals surface area contributed by atoms with Gasteiger partial charge in [0.25, 0.3) is 0 Å². The Balaban J connectivity index is 1.68. The normalized spacial score (nSPS) is 12.8. The van der Waals surface area contributed by atoms with Gasteiger partial charge in [-0.3, -0.25) is 4.79 Å². The zero-order valence-electron chi connectivity index (χ0n) is 16.0. The van der Waals surface area contributed by atoms with Crippen LogP contribution >= 0.6 is 11.8 Å². The Morgan fingerprint density at radius 3 is 2.69 bits per heavy atom. The van der Waals surface area contributed by atoms with E-state index in [9.17, 15) is 13.2 Å². The number of thioether (sulfide) groups is 1. The van der Waals surface area contributed by atoms with Crippen LogP contribution < -0.4 is 4.72 Å². The summed E-state index contributed by atoms with van der Waals surface area (Å²) in [5.74, 6) is 0.209. The van der Waals surface area contributed by atoms with E-state index in [0.29, 0.717) is 29.5 Å². The molecule has 11 heteroatoms. The molecule has 0 amide bonds. The van der Waals surface area contributed by atoms with E-state index in [4.69, 9.17) is 4.74 Å². The molecular formula is C18H21N5O4S2. The van der Waals surface area contributed by atoms with E-state index in [-0.39, 0.29) is 17.4 Å². The number of rotatable bonds is 9. The van der Waals surface area contributed by atoms with Crippen molar-refractivity contribution in [3.63, 3.8) is 0 Å². The van der Waals surface area contributed by atoms with Crippen LogP contribution in [0.2, 0.25) is 0 Å². The summed E-state index contributed by atoms with van der Waals surface area (Å²) in [7, 11) is -3.59. The summed E-state index contributed by atoms with van der Waals surface area (Å²) in [6.07, 6.45) is 0.307. The molecule has 0 aliphatic heterocycles. The van der Waals surface area contributed by atoms with E-state index >= 15 is 0 Å². The van der Waals surface area contributed by atoms with Gasteiger partial charge in [0.15, 0.2) is 11.5 Å². The lowest BCUT2D eigenvalue weighted by Gasteiger charge is -2.09. The Kier molecular flexibility index (Phi) is 6.83. The lowest BCUT2D eigenvalue weighted by atomic mass is 10.4. The predicted molar refractivity (Wildman–Crippen MR) is 108 cm³/mol. The average Bonchev–Trinajstić information content (AvgIpc) is 3.11. The van der Waals surface area contributed by atoms with Gasteiger partial charge >= 0.3 is 5.97 Å². The van der Waals surface area contributed by atoms with Gasteiger partial charge in [0.2, 0.25) is 10.0 Å². The number of carbonyl (C=O) groups excluding carboxylic acids is 1. The first-order chi connectivity index (χ1) is 13.9. The van der Waals surface area contributed by atoms with Gasteiger partial charge in [-0.25, -0.2) is 13.1 Å². The molecule has 0 radical (unpaired) electrons. The second kappa shape index (κ2) is 9.33. The molecule has 0 unspecified atom stereocenters. The molecule has 0 saturated carbocycles. The topological polar surface area (TPSA) is 116 Å². The van der Waals surface area contributed by atoms with Gasteiger partial charge in [-0.2, -0.15) is 9.61 Å². The molecule has 9 nitrogen and oxygen atoms in total. The second-order valence-electron chi connectivity index (χ2n) is 6.03. The highest BCUT2D eigenvalue weighted by molar-refractivity contribution is 8.00. The molecule has 2 aromatic heterocycles. The van der Waals surface area contributed by atoms with Crippen LogP contribution in [0.4, 0.5) is 0 Å². The van der Waals surface area contributed by atoms with Crippen LogP contribution in [0.5, 0.6) is 0 Å². The number of hydrogen-bond acceptors (Lipinski definition) is 8. The number of ether oxygens (including phenoxy) is 1. The van der Waals surface area contributed by atoms with Crippen LogP contribution in [0.15, 0.2) is 52.4 Å². The van der Waals surface area contributed by atoms with Gasteiger partial charge in [-0.05, 0) is 38.1 Å². The van der Waals surface area contributed by atoms with Gasteiger partial charge in [0.05, 0.1) is 11.5 Å². The van der Waals surface area contributed by atoms with Crippen LogP contribution in [-0.4, -0.2) is 52.6 Å². The second-order valence-corrected chi connectivity index (χ2v) is 9.16. The molecule has 0 spiro atoms. The highest BCUT2D eigenvalue weighted by Crippen LogP contribution is 2.22. The Morgan fingerprint density at radius 2 is 1.97 bits per heavy atom. The van der Waals surface area contributed by atoms with E-state index < -0.39 is 15.3 Å². The fourth-order valence-electron chi connectivity index (χ4n) is 2.50. The lowest BCUT2D eigenvalue weighted by Crippen LogP contribution is -2.26. The number of benzene rings is 1. The number of carbonyl (C=O) groups is 1. The first-order valence-electron chi connectivity index (χ1n) is 9.00. The minimum Gasteiger partial charge on any atom is -0.465 e. The molecule has 1 aromatic carbocycles. The van der Waals surface area contributed by atoms with Crippen molar-refractivity contribution >= 4 is 33.4 Å². The first-order valence-corrected chi connectivity index (χ1v) is 11.4. The van der Waals surface area contributed by atoms with E-state index in [1.165, 1.54) is 23.9 Å². The summed E-state index contributed by atoms with van der Waals surface area (Å²) >= 11 is 1.27. The molecule has 29 heavy (non-hydrogen) atoms. The Hall–Kier alpha value is -2.50. The maximum absolute atomic E-state index is 12.3. The fourth-order valence-corrected chi connectivity index (χ4v) is 4.36. The largest absolute Gasteiger partial charge is 0.465 e. The third-order valence-electron chi connectivity index (χ3n) is 3.91. The van der Waals surface area contributed by atoms with Gasteiger partial charge in [-0.15, -0.1) is 10.2 Å². The number of aromatic nitrogens is 4. The molecule has 3 rings (SSSR count). The number of nitrogens with zero attached hydrogens (tertiary/aromatic N) is 4. The smallest absolute Gasteiger partial charge is 0.319 e. The van der Waals surface area contributed by atoms with E-state index in [1.54, 1.807) is 48.7 Å². The van der Waals surface area contributed by atoms with E-state index in [1.807, 2.05) is 0 Å². The highest BCUT2D eigenvalue weighted by atomic mass is 32.2. The summed E-state index contributed by atoms with van der Waals surface area (Å²) < 4.78 is 33.7. The van der Waals surface area contributed by atoms with E-state index in [2.05, 4.69) is 20.0 Å². The van der Waals surface area contributed by atoms with Crippen LogP contribution in [0.1, 0.15) is 19.7 Å². The summed E-state index contributed by atoms with van der Waals surface area (Å²) in [5.41, 5.74) is 0.541. The van der Waals surface area contributed by atoms with Crippen molar-refractivity contribution in [3.8, 4) is 0 Å². The molecule has 0 aliphatic rings. The van der Waals surface area contributed by atoms with Gasteiger partial charge < -0.3 is 4.74 Å². The molecule has 3 aromatic rings. The summed E-state index contributed by atoms with van der Waals surface area (Å²) in [4.78, 5) is 12.0. The average molecular weight is 436 g/mol. The molecular weight excluding hydrogens is 414 g/mol. The standard InChI is InChI=1S/C18H21N5O4S2/c1-3-27-18(24)13(2)28-17-10-9-15-20-21-16(23(15)22-17)11-12-19-29(25,26)14-7-5-4-6-8-14/h4-10,13,19H,3,11-12H2,1-2H3/t13-/m1/s1. The molecule has 1 atom stereocenters. The summed E-state index contributed by atoms with van der Waals surface area (Å²) in [6, 6.07) is 11.7. The van der Waals surface area contributed by atoms with E-state index in [0.717, 1.165) is 0 Å². The Morgan fingerprint density at radius 1 is 1.21 bits per heavy atom. The van der Waals surface area contributed by atoms with Crippen LogP contribution in [0.25, 0.3) is 5.65 Å². The highest BCUT2D eigenvalue weighted by Gasteiger charge is 2.18. The lowest BCUT2D eigenvalue weighted by molar-refractivity contribution is -0.142. The quantitative estimate of drug-likeness (QED) is 0.399. The Bertz CT molecular complexity index is 1090. The predicted octanol–water partition coefficient (Wildman–Crippen LogP) is 1.69. The molecule has 1 N–H and O–H groups in total. The molecule has 0 saturated heterocycles. The van der Waals surface area contributed by atoms with Crippen LogP contribution in [0.3, 0.4) is 0 Å². The first kappa shape index (κ1) is 21.2. The summed E-state index contributed by atoms with van der Waals surface area (Å²) in [6.45, 7) is 3.98. The van der Waals surface area contributed by atoms with Crippen molar-refractivity contribution < 1.29 is 17.9 Å². The molecule has 0 aliphatic carbocycles. The third kappa shape index (κ3) is 5.31. The van der Waals surface area contributed by atoms with Crippen molar-refractivity contribution in [2.45, 2.75) is 35.4 Å². The van der Waals surface area contributed by atoms with Crippen LogP contribution in [0, 0.1) is 0 Å². The molecule has 0 bridgehead atoms. The zero-order chi connectivity index (χ0) is 20.9. The number of esters is 1. The molecule has 2 heterocycles.